The molecule has 0 aliphatic carbocycles. The van der Waals surface area contributed by atoms with Crippen molar-refractivity contribution < 1.29 is 9.90 Å². The number of rotatable bonds is 4. The molecule has 28 heavy (non-hydrogen) atoms. The lowest BCUT2D eigenvalue weighted by Gasteiger charge is -2.16. The summed E-state index contributed by atoms with van der Waals surface area (Å²) >= 11 is 5.92. The van der Waals surface area contributed by atoms with Crippen molar-refractivity contribution in [3.8, 4) is 11.1 Å². The van der Waals surface area contributed by atoms with Crippen LogP contribution in [0.1, 0.15) is 10.4 Å². The number of halogens is 1. The van der Waals surface area contributed by atoms with Gasteiger partial charge in [-0.2, -0.15) is 0 Å². The van der Waals surface area contributed by atoms with Crippen molar-refractivity contribution in [2.24, 2.45) is 0 Å². The maximum atomic E-state index is 12.6. The summed E-state index contributed by atoms with van der Waals surface area (Å²) in [5.74, 6) is -1.14. The van der Waals surface area contributed by atoms with Crippen LogP contribution in [0.15, 0.2) is 83.7 Å². The van der Waals surface area contributed by atoms with E-state index < -0.39 is 5.97 Å². The van der Waals surface area contributed by atoms with Crippen molar-refractivity contribution in [3.63, 3.8) is 0 Å². The van der Waals surface area contributed by atoms with Gasteiger partial charge in [-0.1, -0.05) is 54.1 Å². The number of pyridine rings is 1. The summed E-state index contributed by atoms with van der Waals surface area (Å²) in [6, 6.07) is 23.2. The Morgan fingerprint density at radius 3 is 2.46 bits per heavy atom. The predicted molar refractivity (Wildman–Crippen MR) is 111 cm³/mol. The van der Waals surface area contributed by atoms with Crippen LogP contribution >= 0.6 is 11.6 Å². The molecule has 4 rings (SSSR count). The van der Waals surface area contributed by atoms with Crippen molar-refractivity contribution in [2.45, 2.75) is 0 Å². The summed E-state index contributed by atoms with van der Waals surface area (Å²) in [5.41, 5.74) is 5.53. The van der Waals surface area contributed by atoms with Gasteiger partial charge in [0, 0.05) is 16.5 Å². The number of anilines is 1. The first-order valence-electron chi connectivity index (χ1n) is 8.55. The molecule has 0 spiro atoms. The third-order valence-corrected chi connectivity index (χ3v) is 4.70. The van der Waals surface area contributed by atoms with E-state index in [-0.39, 0.29) is 16.8 Å². The van der Waals surface area contributed by atoms with Gasteiger partial charge in [-0.15, -0.1) is 0 Å². The molecular formula is C22H15ClN2O3. The number of nitrogens with one attached hydrogen (secondary N) is 1. The molecule has 5 nitrogen and oxygen atoms in total. The zero-order valence-corrected chi connectivity index (χ0v) is 15.4. The fraction of sp³-hybridized carbons (Fsp3) is 0. The summed E-state index contributed by atoms with van der Waals surface area (Å²) in [5, 5.41) is 10.6. The molecule has 1 heterocycles. The minimum atomic E-state index is -1.14. The Bertz CT molecular complexity index is 1250. The number of nitrogens with zero attached hydrogens (tertiary/aromatic N) is 1. The van der Waals surface area contributed by atoms with Crippen LogP contribution in [0, 0.1) is 0 Å². The first-order chi connectivity index (χ1) is 13.5. The lowest BCUT2D eigenvalue weighted by atomic mass is 10.0. The van der Waals surface area contributed by atoms with Crippen LogP contribution in [0.3, 0.4) is 0 Å². The monoisotopic (exact) mass is 390 g/mol. The molecule has 0 fully saturated rings. The van der Waals surface area contributed by atoms with Crippen molar-refractivity contribution in [3.05, 3.63) is 99.8 Å². The van der Waals surface area contributed by atoms with E-state index >= 15 is 0 Å². The lowest BCUT2D eigenvalue weighted by Crippen LogP contribution is -2.26. The summed E-state index contributed by atoms with van der Waals surface area (Å²) in [6.45, 7) is 0. The van der Waals surface area contributed by atoms with Gasteiger partial charge in [0.05, 0.1) is 16.8 Å². The van der Waals surface area contributed by atoms with E-state index in [1.807, 2.05) is 48.5 Å². The normalized spacial score (nSPS) is 10.8. The third kappa shape index (κ3) is 3.23. The van der Waals surface area contributed by atoms with Gasteiger partial charge in [0.25, 0.3) is 5.56 Å². The van der Waals surface area contributed by atoms with E-state index in [4.69, 9.17) is 11.6 Å². The molecule has 1 aromatic heterocycles. The van der Waals surface area contributed by atoms with Gasteiger partial charge in [-0.05, 0) is 41.5 Å². The smallest absolute Gasteiger partial charge is 0.337 e. The highest BCUT2D eigenvalue weighted by atomic mass is 35.5. The molecule has 138 valence electrons. The Hall–Kier alpha value is -3.57. The molecule has 4 aromatic rings. The summed E-state index contributed by atoms with van der Waals surface area (Å²) in [4.78, 5) is 24.1. The summed E-state index contributed by atoms with van der Waals surface area (Å²) < 4.78 is 1.34. The zero-order chi connectivity index (χ0) is 19.7. The average Bonchev–Trinajstić information content (AvgIpc) is 2.71. The zero-order valence-electron chi connectivity index (χ0n) is 14.6. The Morgan fingerprint density at radius 1 is 0.929 bits per heavy atom. The number of hydrogen-bond acceptors (Lipinski definition) is 3. The van der Waals surface area contributed by atoms with Crippen LogP contribution in [0.2, 0.25) is 5.02 Å². The number of carboxylic acids is 1. The highest BCUT2D eigenvalue weighted by Gasteiger charge is 2.13. The molecule has 0 aliphatic heterocycles. The molecule has 0 radical (unpaired) electrons. The SMILES string of the molecule is O=C(O)c1cc(Cl)ccc1Nn1c(=O)ccc2c(-c3ccccc3)cccc21. The van der Waals surface area contributed by atoms with Gasteiger partial charge in [0.1, 0.15) is 0 Å². The third-order valence-electron chi connectivity index (χ3n) is 4.47. The van der Waals surface area contributed by atoms with Crippen molar-refractivity contribution in [1.29, 1.82) is 0 Å². The topological polar surface area (TPSA) is 71.3 Å². The summed E-state index contributed by atoms with van der Waals surface area (Å²) in [7, 11) is 0. The van der Waals surface area contributed by atoms with E-state index in [1.54, 1.807) is 12.1 Å². The van der Waals surface area contributed by atoms with Gasteiger partial charge in [0.2, 0.25) is 0 Å². The van der Waals surface area contributed by atoms with Crippen LogP contribution in [0.4, 0.5) is 5.69 Å². The molecule has 2 N–H and O–H groups in total. The molecule has 0 bridgehead atoms. The second kappa shape index (κ2) is 7.21. The Kier molecular flexibility index (Phi) is 4.59. The van der Waals surface area contributed by atoms with Crippen LogP contribution in [0.5, 0.6) is 0 Å². The lowest BCUT2D eigenvalue weighted by molar-refractivity contribution is 0.0698. The Balaban J connectivity index is 1.91. The van der Waals surface area contributed by atoms with Crippen molar-refractivity contribution in [2.75, 3.05) is 5.43 Å². The van der Waals surface area contributed by atoms with Crippen LogP contribution in [-0.4, -0.2) is 15.8 Å². The largest absolute Gasteiger partial charge is 0.478 e. The predicted octanol–water partition coefficient (Wildman–Crippen LogP) is 4.90. The molecule has 0 atom stereocenters. The highest BCUT2D eigenvalue weighted by molar-refractivity contribution is 6.31. The second-order valence-corrected chi connectivity index (χ2v) is 6.65. The van der Waals surface area contributed by atoms with Crippen LogP contribution in [0.25, 0.3) is 22.0 Å². The van der Waals surface area contributed by atoms with Gasteiger partial charge >= 0.3 is 5.97 Å². The van der Waals surface area contributed by atoms with E-state index in [0.717, 1.165) is 16.5 Å². The minimum Gasteiger partial charge on any atom is -0.478 e. The van der Waals surface area contributed by atoms with Gasteiger partial charge < -0.3 is 5.11 Å². The average molecular weight is 391 g/mol. The molecular weight excluding hydrogens is 376 g/mol. The van der Waals surface area contributed by atoms with Crippen LogP contribution in [-0.2, 0) is 0 Å². The molecule has 0 aliphatic rings. The number of benzene rings is 3. The number of aromatic carboxylic acids is 1. The number of aromatic nitrogens is 1. The van der Waals surface area contributed by atoms with E-state index in [2.05, 4.69) is 5.43 Å². The second-order valence-electron chi connectivity index (χ2n) is 6.22. The van der Waals surface area contributed by atoms with Crippen molar-refractivity contribution >= 4 is 34.2 Å². The fourth-order valence-corrected chi connectivity index (χ4v) is 3.34. The van der Waals surface area contributed by atoms with Crippen LogP contribution < -0.4 is 11.0 Å². The Morgan fingerprint density at radius 2 is 1.71 bits per heavy atom. The quantitative estimate of drug-likeness (QED) is 0.520. The maximum absolute atomic E-state index is 12.6. The maximum Gasteiger partial charge on any atom is 0.337 e. The first kappa shape index (κ1) is 17.8. The van der Waals surface area contributed by atoms with E-state index in [0.29, 0.717) is 10.5 Å². The number of carbonyl (C=O) groups is 1. The fourth-order valence-electron chi connectivity index (χ4n) is 3.17. The minimum absolute atomic E-state index is 0.0179. The first-order valence-corrected chi connectivity index (χ1v) is 8.92. The number of carboxylic acid groups (broad SMARTS) is 1. The summed E-state index contributed by atoms with van der Waals surface area (Å²) in [6.07, 6.45) is 0. The molecule has 0 saturated heterocycles. The van der Waals surface area contributed by atoms with Gasteiger partial charge in [-0.3, -0.25) is 10.2 Å². The molecule has 3 aromatic carbocycles. The van der Waals surface area contributed by atoms with E-state index in [9.17, 15) is 14.7 Å². The Labute approximate surface area is 165 Å². The number of hydrogen-bond donors (Lipinski definition) is 2. The molecule has 0 amide bonds. The molecule has 0 saturated carbocycles. The van der Waals surface area contributed by atoms with E-state index in [1.165, 1.54) is 22.9 Å². The van der Waals surface area contributed by atoms with Gasteiger partial charge in [0.15, 0.2) is 0 Å². The number of fused-ring (bicyclic) bond motifs is 1. The highest BCUT2D eigenvalue weighted by Crippen LogP contribution is 2.28. The molecule has 6 heteroatoms. The van der Waals surface area contributed by atoms with Crippen molar-refractivity contribution in [1.82, 2.24) is 4.68 Å². The van der Waals surface area contributed by atoms with Gasteiger partial charge in [-0.25, -0.2) is 9.47 Å². The standard InChI is InChI=1S/C22H15ClN2O3/c23-15-9-11-19(18(13-15)22(27)28)24-25-20-8-4-7-16(14-5-2-1-3-6-14)17(20)10-12-21(25)26/h1-13,24H,(H,27,28). The molecule has 0 unspecified atom stereocenters.